The van der Waals surface area contributed by atoms with Crippen LogP contribution >= 0.6 is 0 Å². The Morgan fingerprint density at radius 2 is 1.77 bits per heavy atom. The minimum absolute atomic E-state index is 0.0382. The van der Waals surface area contributed by atoms with Crippen LogP contribution in [0.25, 0.3) is 11.3 Å². The molecule has 5 rings (SSSR count). The van der Waals surface area contributed by atoms with Crippen molar-refractivity contribution in [3.63, 3.8) is 0 Å². The summed E-state index contributed by atoms with van der Waals surface area (Å²) in [5.74, 6) is 0.229. The third kappa shape index (κ3) is 3.35. The molecule has 3 heterocycles. The molecule has 30 heavy (non-hydrogen) atoms. The molecule has 2 aliphatic rings. The van der Waals surface area contributed by atoms with E-state index < -0.39 is 12.1 Å². The molecule has 1 aromatic carbocycles. The van der Waals surface area contributed by atoms with Crippen molar-refractivity contribution >= 4 is 11.8 Å². The largest absolute Gasteiger partial charge is 0.478 e. The van der Waals surface area contributed by atoms with E-state index in [2.05, 4.69) is 10.00 Å². The first kappa shape index (κ1) is 18.8. The van der Waals surface area contributed by atoms with Crippen molar-refractivity contribution in [2.75, 3.05) is 18.0 Å². The Hall–Kier alpha value is -3.19. The Balaban J connectivity index is 1.44. The van der Waals surface area contributed by atoms with Gasteiger partial charge in [0, 0.05) is 31.0 Å². The number of pyridine rings is 1. The van der Waals surface area contributed by atoms with Crippen molar-refractivity contribution in [1.82, 2.24) is 14.8 Å². The Bertz CT molecular complexity index is 1040. The van der Waals surface area contributed by atoms with Crippen molar-refractivity contribution in [2.24, 2.45) is 11.8 Å². The van der Waals surface area contributed by atoms with E-state index >= 15 is 0 Å². The van der Waals surface area contributed by atoms with Crippen molar-refractivity contribution in [3.05, 3.63) is 66.5 Å². The molecule has 2 fully saturated rings. The van der Waals surface area contributed by atoms with Gasteiger partial charge in [-0.3, -0.25) is 4.68 Å². The topological polar surface area (TPSA) is 91.5 Å². The monoisotopic (exact) mass is 404 g/mol. The molecule has 2 N–H and O–H groups in total. The highest BCUT2D eigenvalue weighted by molar-refractivity contribution is 5.94. The van der Waals surface area contributed by atoms with Crippen LogP contribution in [0.3, 0.4) is 0 Å². The van der Waals surface area contributed by atoms with Crippen molar-refractivity contribution in [2.45, 2.75) is 25.0 Å². The fourth-order valence-electron chi connectivity index (χ4n) is 4.97. The van der Waals surface area contributed by atoms with Crippen LogP contribution in [0.4, 0.5) is 5.82 Å². The summed E-state index contributed by atoms with van der Waals surface area (Å²) in [6.45, 7) is 1.44. The van der Waals surface area contributed by atoms with Gasteiger partial charge in [0.05, 0.1) is 17.8 Å². The lowest BCUT2D eigenvalue weighted by Crippen LogP contribution is -2.36. The summed E-state index contributed by atoms with van der Waals surface area (Å²) in [6.07, 6.45) is 4.69. The van der Waals surface area contributed by atoms with Gasteiger partial charge in [0.1, 0.15) is 11.4 Å². The van der Waals surface area contributed by atoms with Gasteiger partial charge in [-0.1, -0.05) is 30.3 Å². The van der Waals surface area contributed by atoms with E-state index in [-0.39, 0.29) is 11.6 Å². The Morgan fingerprint density at radius 3 is 2.47 bits per heavy atom. The van der Waals surface area contributed by atoms with E-state index in [1.54, 1.807) is 18.3 Å². The summed E-state index contributed by atoms with van der Waals surface area (Å²) in [4.78, 5) is 18.7. The van der Waals surface area contributed by atoms with E-state index in [9.17, 15) is 15.0 Å². The molecule has 154 valence electrons. The summed E-state index contributed by atoms with van der Waals surface area (Å²) in [5, 5.41) is 24.7. The zero-order valence-electron chi connectivity index (χ0n) is 16.5. The van der Waals surface area contributed by atoms with E-state index in [4.69, 9.17) is 4.98 Å². The summed E-state index contributed by atoms with van der Waals surface area (Å²) in [6, 6.07) is 15.0. The lowest BCUT2D eigenvalue weighted by Gasteiger charge is -2.35. The molecule has 3 aromatic rings. The van der Waals surface area contributed by atoms with Crippen LogP contribution in [0.2, 0.25) is 0 Å². The smallest absolute Gasteiger partial charge is 0.339 e. The maximum Gasteiger partial charge on any atom is 0.339 e. The fraction of sp³-hybridized carbons (Fsp3) is 0.348. The number of nitrogens with zero attached hydrogens (tertiary/aromatic N) is 4. The third-order valence-corrected chi connectivity index (χ3v) is 6.45. The van der Waals surface area contributed by atoms with E-state index in [1.165, 1.54) is 0 Å². The van der Waals surface area contributed by atoms with Gasteiger partial charge in [-0.15, -0.1) is 0 Å². The molecular weight excluding hydrogens is 380 g/mol. The summed E-state index contributed by atoms with van der Waals surface area (Å²) >= 11 is 0. The van der Waals surface area contributed by atoms with Gasteiger partial charge in [0.15, 0.2) is 0 Å². The predicted octanol–water partition coefficient (Wildman–Crippen LogP) is 3.09. The molecule has 1 aliphatic heterocycles. The van der Waals surface area contributed by atoms with E-state index in [0.717, 1.165) is 24.2 Å². The highest BCUT2D eigenvalue weighted by Crippen LogP contribution is 2.42. The number of aliphatic hydroxyl groups excluding tert-OH is 1. The second kappa shape index (κ2) is 7.57. The summed E-state index contributed by atoms with van der Waals surface area (Å²) in [7, 11) is 0. The van der Waals surface area contributed by atoms with Gasteiger partial charge >= 0.3 is 5.97 Å². The highest BCUT2D eigenvalue weighted by atomic mass is 16.4. The van der Waals surface area contributed by atoms with Gasteiger partial charge in [-0.05, 0) is 42.9 Å². The molecule has 7 heteroatoms. The van der Waals surface area contributed by atoms with Gasteiger partial charge in [0.2, 0.25) is 0 Å². The van der Waals surface area contributed by atoms with Gasteiger partial charge in [-0.25, -0.2) is 9.78 Å². The molecule has 0 amide bonds. The van der Waals surface area contributed by atoms with Gasteiger partial charge in [0.25, 0.3) is 0 Å². The zero-order chi connectivity index (χ0) is 20.7. The lowest BCUT2D eigenvalue weighted by molar-refractivity contribution is 0.0306. The summed E-state index contributed by atoms with van der Waals surface area (Å²) < 4.78 is 1.85. The maximum atomic E-state index is 11.9. The second-order valence-electron chi connectivity index (χ2n) is 8.26. The molecule has 1 aliphatic carbocycles. The number of benzene rings is 1. The number of rotatable bonds is 4. The van der Waals surface area contributed by atoms with Crippen LogP contribution in [0, 0.1) is 11.8 Å². The first-order valence-electron chi connectivity index (χ1n) is 10.3. The Morgan fingerprint density at radius 1 is 1.00 bits per heavy atom. The molecule has 1 saturated carbocycles. The zero-order valence-corrected chi connectivity index (χ0v) is 16.5. The number of carbonyl (C=O) groups is 1. The SMILES string of the molecule is O=C(O)c1ccc(-c2ccccc2)nc1N1C[C@H]2C[C@@H](n3cccn3)[C@H](O)C[C@H]2C1. The quantitative estimate of drug-likeness (QED) is 0.694. The normalized spacial score (nSPS) is 25.8. The molecule has 0 spiro atoms. The average molecular weight is 404 g/mol. The van der Waals surface area contributed by atoms with Crippen LogP contribution in [0.15, 0.2) is 60.9 Å². The van der Waals surface area contributed by atoms with Gasteiger partial charge in [-0.2, -0.15) is 5.10 Å². The number of hydrogen-bond donors (Lipinski definition) is 2. The van der Waals surface area contributed by atoms with Crippen LogP contribution in [-0.2, 0) is 0 Å². The number of fused-ring (bicyclic) bond motifs is 1. The molecule has 7 nitrogen and oxygen atoms in total. The number of aliphatic hydroxyl groups is 1. The fourth-order valence-corrected chi connectivity index (χ4v) is 4.97. The molecule has 0 unspecified atom stereocenters. The number of carboxylic acid groups (broad SMARTS) is 1. The second-order valence-corrected chi connectivity index (χ2v) is 8.26. The predicted molar refractivity (Wildman–Crippen MR) is 112 cm³/mol. The van der Waals surface area contributed by atoms with Crippen molar-refractivity contribution in [1.29, 1.82) is 0 Å². The standard InChI is InChI=1S/C23H24N4O3/c28-21-12-17-14-26(13-16(17)11-20(21)27-10-4-9-24-27)22-18(23(29)30)7-8-19(25-22)15-5-2-1-3-6-15/h1-10,16-17,20-21,28H,11-14H2,(H,29,30)/t16-,17+,20-,21-/m1/s1. The van der Waals surface area contributed by atoms with E-state index in [1.807, 2.05) is 47.3 Å². The molecule has 0 radical (unpaired) electrons. The lowest BCUT2D eigenvalue weighted by atomic mass is 9.77. The first-order valence-corrected chi connectivity index (χ1v) is 10.3. The first-order chi connectivity index (χ1) is 14.6. The minimum atomic E-state index is -0.971. The minimum Gasteiger partial charge on any atom is -0.478 e. The number of hydrogen-bond acceptors (Lipinski definition) is 5. The number of anilines is 1. The Kier molecular flexibility index (Phi) is 4.75. The summed E-state index contributed by atoms with van der Waals surface area (Å²) in [5.41, 5.74) is 1.94. The average Bonchev–Trinajstić information content (AvgIpc) is 3.43. The van der Waals surface area contributed by atoms with Crippen LogP contribution in [0.1, 0.15) is 29.2 Å². The molecular formula is C23H24N4O3. The Labute approximate surface area is 174 Å². The maximum absolute atomic E-state index is 11.9. The molecule has 1 saturated heterocycles. The van der Waals surface area contributed by atoms with Gasteiger partial charge < -0.3 is 15.1 Å². The molecule has 4 atom stereocenters. The molecule has 0 bridgehead atoms. The van der Waals surface area contributed by atoms with Crippen LogP contribution in [0.5, 0.6) is 0 Å². The number of carboxylic acids is 1. The third-order valence-electron chi connectivity index (χ3n) is 6.45. The van der Waals surface area contributed by atoms with Crippen LogP contribution in [-0.4, -0.2) is 50.1 Å². The molecule has 2 aromatic heterocycles. The number of aromatic nitrogens is 3. The van der Waals surface area contributed by atoms with E-state index in [0.29, 0.717) is 30.6 Å². The van der Waals surface area contributed by atoms with Crippen LogP contribution < -0.4 is 4.90 Å². The highest BCUT2D eigenvalue weighted by Gasteiger charge is 2.43. The van der Waals surface area contributed by atoms with Crippen molar-refractivity contribution < 1.29 is 15.0 Å². The van der Waals surface area contributed by atoms with Crippen molar-refractivity contribution in [3.8, 4) is 11.3 Å². The number of aromatic carboxylic acids is 1.